The third-order valence-electron chi connectivity index (χ3n) is 4.75. The normalized spacial score (nSPS) is 20.4. The van der Waals surface area contributed by atoms with Crippen molar-refractivity contribution in [3.8, 4) is 0 Å². The molecule has 3 heterocycles. The maximum absolute atomic E-state index is 12.5. The Hall–Kier alpha value is -1.73. The van der Waals surface area contributed by atoms with Crippen LogP contribution < -0.4 is 16.0 Å². The fraction of sp³-hybridized carbons (Fsp3) is 0.688. The largest absolute Gasteiger partial charge is 0.352 e. The molecule has 3 rings (SSSR count). The summed E-state index contributed by atoms with van der Waals surface area (Å²) in [5.41, 5.74) is 0.792. The molecule has 1 aromatic rings. The van der Waals surface area contributed by atoms with E-state index < -0.39 is 0 Å². The molecule has 0 bridgehead atoms. The zero-order chi connectivity index (χ0) is 16.2. The lowest BCUT2D eigenvalue weighted by Gasteiger charge is -2.23. The molecule has 2 aliphatic rings. The fourth-order valence-corrected chi connectivity index (χ4v) is 3.27. The molecule has 1 amide bonds. The molecule has 126 valence electrons. The first-order chi connectivity index (χ1) is 11.2. The summed E-state index contributed by atoms with van der Waals surface area (Å²) in [5, 5.41) is 13.3. The van der Waals surface area contributed by atoms with Gasteiger partial charge in [-0.2, -0.15) is 0 Å². The van der Waals surface area contributed by atoms with Gasteiger partial charge in [-0.05, 0) is 58.8 Å². The first-order valence-corrected chi connectivity index (χ1v) is 8.39. The van der Waals surface area contributed by atoms with Crippen LogP contribution in [0, 0.1) is 12.8 Å². The van der Waals surface area contributed by atoms with E-state index in [-0.39, 0.29) is 35.1 Å². The van der Waals surface area contributed by atoms with Crippen molar-refractivity contribution < 1.29 is 14.1 Å². The van der Waals surface area contributed by atoms with Gasteiger partial charge >= 0.3 is 0 Å². The van der Waals surface area contributed by atoms with Gasteiger partial charge in [0.2, 0.25) is 11.5 Å². The van der Waals surface area contributed by atoms with Gasteiger partial charge < -0.3 is 20.5 Å². The van der Waals surface area contributed by atoms with E-state index in [0.717, 1.165) is 51.9 Å². The van der Waals surface area contributed by atoms with Crippen molar-refractivity contribution in [2.75, 3.05) is 26.2 Å². The van der Waals surface area contributed by atoms with Crippen molar-refractivity contribution in [2.45, 2.75) is 38.6 Å². The van der Waals surface area contributed by atoms with Crippen LogP contribution in [0.3, 0.4) is 0 Å². The minimum Gasteiger partial charge on any atom is -0.352 e. The van der Waals surface area contributed by atoms with Gasteiger partial charge in [0.25, 0.3) is 5.91 Å². The Kier molecular flexibility index (Phi) is 5.07. The number of carbonyl (C=O) groups excluding carboxylic acids is 2. The summed E-state index contributed by atoms with van der Waals surface area (Å²) in [4.78, 5) is 24.9. The van der Waals surface area contributed by atoms with Crippen LogP contribution in [0.1, 0.15) is 52.3 Å². The molecule has 0 unspecified atom stereocenters. The first kappa shape index (κ1) is 16.1. The summed E-state index contributed by atoms with van der Waals surface area (Å²) in [7, 11) is 0. The molecule has 0 aromatic carbocycles. The molecular weight excluding hydrogens is 296 g/mol. The highest BCUT2D eigenvalue weighted by Gasteiger charge is 2.30. The standard InChI is InChI=1S/C16H24N4O3/c1-10-13(16(22)19-12-4-8-18-9-5-12)20-23-15(10)14(21)11-2-6-17-7-3-11/h11-12,17-18H,2-9H2,1H3,(H,19,22). The zero-order valence-corrected chi connectivity index (χ0v) is 13.5. The van der Waals surface area contributed by atoms with Gasteiger partial charge in [0.1, 0.15) is 0 Å². The van der Waals surface area contributed by atoms with Gasteiger partial charge in [-0.15, -0.1) is 0 Å². The Morgan fingerprint density at radius 1 is 1.09 bits per heavy atom. The average Bonchev–Trinajstić information content (AvgIpc) is 2.97. The molecule has 0 saturated carbocycles. The zero-order valence-electron chi connectivity index (χ0n) is 13.5. The van der Waals surface area contributed by atoms with Crippen LogP contribution in [-0.2, 0) is 0 Å². The number of Topliss-reactive ketones (excluding diaryl/α,β-unsaturated/α-hetero) is 1. The van der Waals surface area contributed by atoms with Crippen molar-refractivity contribution in [1.82, 2.24) is 21.1 Å². The van der Waals surface area contributed by atoms with E-state index >= 15 is 0 Å². The van der Waals surface area contributed by atoms with Gasteiger partial charge in [0, 0.05) is 17.5 Å². The molecule has 23 heavy (non-hydrogen) atoms. The Labute approximate surface area is 135 Å². The van der Waals surface area contributed by atoms with Crippen LogP contribution in [-0.4, -0.2) is 49.1 Å². The summed E-state index contributed by atoms with van der Waals surface area (Å²) in [6.07, 6.45) is 3.41. The maximum atomic E-state index is 12.5. The molecule has 0 spiro atoms. The summed E-state index contributed by atoms with van der Waals surface area (Å²) in [5.74, 6) is -0.0736. The molecule has 1 aromatic heterocycles. The molecule has 3 N–H and O–H groups in total. The summed E-state index contributed by atoms with van der Waals surface area (Å²) in [6.45, 7) is 5.23. The molecule has 7 nitrogen and oxygen atoms in total. The SMILES string of the molecule is Cc1c(C(=O)NC2CCNCC2)noc1C(=O)C1CCNCC1. The number of aromatic nitrogens is 1. The fourth-order valence-electron chi connectivity index (χ4n) is 3.27. The van der Waals surface area contributed by atoms with Gasteiger partial charge in [0.05, 0.1) is 0 Å². The summed E-state index contributed by atoms with van der Waals surface area (Å²) in [6, 6.07) is 0.156. The third-order valence-corrected chi connectivity index (χ3v) is 4.75. The van der Waals surface area contributed by atoms with E-state index in [0.29, 0.717) is 5.56 Å². The third kappa shape index (κ3) is 3.61. The van der Waals surface area contributed by atoms with Crippen molar-refractivity contribution in [3.63, 3.8) is 0 Å². The molecule has 2 fully saturated rings. The number of ketones is 1. The van der Waals surface area contributed by atoms with Gasteiger partial charge in [-0.25, -0.2) is 0 Å². The second-order valence-corrected chi connectivity index (χ2v) is 6.37. The topological polar surface area (TPSA) is 96.3 Å². The average molecular weight is 320 g/mol. The van der Waals surface area contributed by atoms with E-state index in [1.54, 1.807) is 6.92 Å². The van der Waals surface area contributed by atoms with Gasteiger partial charge in [0.15, 0.2) is 5.69 Å². The second kappa shape index (κ2) is 7.23. The van der Waals surface area contributed by atoms with Crippen LogP contribution in [0.5, 0.6) is 0 Å². The predicted molar refractivity (Wildman–Crippen MR) is 84.5 cm³/mol. The molecular formula is C16H24N4O3. The smallest absolute Gasteiger partial charge is 0.273 e. The molecule has 0 atom stereocenters. The molecule has 0 aliphatic carbocycles. The van der Waals surface area contributed by atoms with E-state index in [2.05, 4.69) is 21.1 Å². The van der Waals surface area contributed by atoms with Crippen molar-refractivity contribution in [2.24, 2.45) is 5.92 Å². The number of amides is 1. The highest BCUT2D eigenvalue weighted by molar-refractivity contribution is 6.01. The summed E-state index contributed by atoms with van der Waals surface area (Å²) < 4.78 is 5.23. The maximum Gasteiger partial charge on any atom is 0.273 e. The van der Waals surface area contributed by atoms with Crippen LogP contribution in [0.2, 0.25) is 0 Å². The highest BCUT2D eigenvalue weighted by atomic mass is 16.5. The Morgan fingerprint density at radius 3 is 2.35 bits per heavy atom. The van der Waals surface area contributed by atoms with E-state index in [1.165, 1.54) is 0 Å². The number of hydrogen-bond donors (Lipinski definition) is 3. The predicted octanol–water partition coefficient (Wildman–Crippen LogP) is 0.647. The van der Waals surface area contributed by atoms with E-state index in [9.17, 15) is 9.59 Å². The van der Waals surface area contributed by atoms with Crippen LogP contribution in [0.4, 0.5) is 0 Å². The quantitative estimate of drug-likeness (QED) is 0.705. The van der Waals surface area contributed by atoms with Crippen LogP contribution in [0.25, 0.3) is 0 Å². The van der Waals surface area contributed by atoms with E-state index in [1.807, 2.05) is 0 Å². The second-order valence-electron chi connectivity index (χ2n) is 6.37. The number of nitrogens with zero attached hydrogens (tertiary/aromatic N) is 1. The molecule has 2 aliphatic heterocycles. The van der Waals surface area contributed by atoms with Crippen molar-refractivity contribution in [3.05, 3.63) is 17.0 Å². The van der Waals surface area contributed by atoms with Crippen molar-refractivity contribution in [1.29, 1.82) is 0 Å². The molecule has 0 radical (unpaired) electrons. The van der Waals surface area contributed by atoms with Gasteiger partial charge in [-0.3, -0.25) is 9.59 Å². The number of piperidine rings is 2. The number of nitrogens with one attached hydrogen (secondary N) is 3. The summed E-state index contributed by atoms with van der Waals surface area (Å²) >= 11 is 0. The minimum atomic E-state index is -0.248. The van der Waals surface area contributed by atoms with Crippen LogP contribution >= 0.6 is 0 Å². The van der Waals surface area contributed by atoms with Gasteiger partial charge in [-0.1, -0.05) is 5.16 Å². The Morgan fingerprint density at radius 2 is 1.70 bits per heavy atom. The highest BCUT2D eigenvalue weighted by Crippen LogP contribution is 2.22. The molecule has 7 heteroatoms. The first-order valence-electron chi connectivity index (χ1n) is 8.39. The minimum absolute atomic E-state index is 0.0302. The lowest BCUT2D eigenvalue weighted by molar-refractivity contribution is 0.0852. The Balaban J connectivity index is 1.68. The monoisotopic (exact) mass is 320 g/mol. The number of carbonyl (C=O) groups is 2. The van der Waals surface area contributed by atoms with Crippen LogP contribution in [0.15, 0.2) is 4.52 Å². The van der Waals surface area contributed by atoms with E-state index in [4.69, 9.17) is 4.52 Å². The number of hydrogen-bond acceptors (Lipinski definition) is 6. The van der Waals surface area contributed by atoms with Crippen molar-refractivity contribution >= 4 is 11.7 Å². The lowest BCUT2D eigenvalue weighted by atomic mass is 9.91. The Bertz CT molecular complexity index is 572. The molecule has 2 saturated heterocycles. The lowest BCUT2D eigenvalue weighted by Crippen LogP contribution is -2.43. The number of rotatable bonds is 4.